The Morgan fingerprint density at radius 2 is 0.841 bits per heavy atom. The topological polar surface area (TPSA) is 61.7 Å². The zero-order valence-electron chi connectivity index (χ0n) is 33.9. The van der Waals surface area contributed by atoms with Gasteiger partial charge in [0.15, 0.2) is 11.6 Å². The summed E-state index contributed by atoms with van der Waals surface area (Å²) in [4.78, 5) is 15.6. The summed E-state index contributed by atoms with van der Waals surface area (Å²) in [6.45, 7) is 0. The Kier molecular flexibility index (Phi) is 7.80. The molecule has 9 aromatic carbocycles. The van der Waals surface area contributed by atoms with Gasteiger partial charge in [0.1, 0.15) is 11.2 Å². The van der Waals surface area contributed by atoms with Gasteiger partial charge in [0, 0.05) is 60.8 Å². The summed E-state index contributed by atoms with van der Waals surface area (Å²) in [6, 6.07) is 74.4. The van der Waals surface area contributed by atoms with Gasteiger partial charge in [-0.15, -0.1) is 0 Å². The van der Waals surface area contributed by atoms with Crippen LogP contribution in [0.1, 0.15) is 0 Å². The Bertz CT molecular complexity index is 3890. The monoisotopic (exact) mass is 805 g/mol. The van der Waals surface area contributed by atoms with Crippen molar-refractivity contribution < 1.29 is 4.42 Å². The van der Waals surface area contributed by atoms with Crippen LogP contribution in [-0.4, -0.2) is 24.1 Å². The van der Waals surface area contributed by atoms with Crippen LogP contribution >= 0.6 is 0 Å². The van der Waals surface area contributed by atoms with Crippen molar-refractivity contribution in [1.29, 1.82) is 0 Å². The lowest BCUT2D eigenvalue weighted by Gasteiger charge is -2.12. The number of furan rings is 1. The summed E-state index contributed by atoms with van der Waals surface area (Å²) >= 11 is 0. The molecule has 0 aliphatic rings. The van der Waals surface area contributed by atoms with Crippen molar-refractivity contribution in [3.05, 3.63) is 212 Å². The first-order chi connectivity index (χ1) is 31.2. The van der Waals surface area contributed by atoms with Crippen molar-refractivity contribution in [3.8, 4) is 56.7 Å². The Morgan fingerprint density at radius 1 is 0.317 bits per heavy atom. The van der Waals surface area contributed by atoms with E-state index in [2.05, 4.69) is 191 Å². The molecule has 63 heavy (non-hydrogen) atoms. The highest BCUT2D eigenvalue weighted by molar-refractivity contribution is 6.19. The number of para-hydroxylation sites is 3. The van der Waals surface area contributed by atoms with Crippen molar-refractivity contribution in [3.63, 3.8) is 0 Å². The van der Waals surface area contributed by atoms with Crippen LogP contribution in [0, 0.1) is 0 Å². The van der Waals surface area contributed by atoms with E-state index in [1.807, 2.05) is 30.3 Å². The average molecular weight is 806 g/mol. The lowest BCUT2D eigenvalue weighted by atomic mass is 10.0. The van der Waals surface area contributed by atoms with Gasteiger partial charge in [0.2, 0.25) is 5.95 Å². The summed E-state index contributed by atoms with van der Waals surface area (Å²) in [5, 5.41) is 6.78. The van der Waals surface area contributed by atoms with Crippen molar-refractivity contribution in [1.82, 2.24) is 24.1 Å². The minimum absolute atomic E-state index is 0.553. The molecule has 0 saturated carbocycles. The van der Waals surface area contributed by atoms with E-state index in [0.29, 0.717) is 17.6 Å². The second-order valence-corrected chi connectivity index (χ2v) is 16.0. The molecule has 13 aromatic rings. The Labute approximate surface area is 361 Å². The standard InChI is InChI=1S/C57H35N5O/c1-4-15-36(16-5-1)37-27-29-40(30-28-37)56-58-55(39-19-8-3-9-20-39)59-57(60-56)62-50-26-13-11-22-44(50)48-34-47-43-21-10-12-25-49(43)61(51(47)35-52(48)62)41-31-32-45-46-24-14-23-42(38-17-6-2-7-18-38)54(46)63-53(45)33-41/h1-35H. The summed E-state index contributed by atoms with van der Waals surface area (Å²) in [5.74, 6) is 1.77. The third-order valence-corrected chi connectivity index (χ3v) is 12.4. The molecule has 6 heteroatoms. The lowest BCUT2D eigenvalue weighted by Crippen LogP contribution is -2.06. The third kappa shape index (κ3) is 5.62. The third-order valence-electron chi connectivity index (χ3n) is 12.4. The van der Waals surface area contributed by atoms with E-state index in [1.165, 1.54) is 5.39 Å². The molecule has 294 valence electrons. The Balaban J connectivity index is 1.04. The van der Waals surface area contributed by atoms with Crippen LogP contribution in [0.5, 0.6) is 0 Å². The van der Waals surface area contributed by atoms with Crippen molar-refractivity contribution in [2.24, 2.45) is 0 Å². The molecule has 0 fully saturated rings. The molecule has 4 aromatic heterocycles. The molecule has 0 radical (unpaired) electrons. The fraction of sp³-hybridized carbons (Fsp3) is 0. The van der Waals surface area contributed by atoms with Gasteiger partial charge in [-0.1, -0.05) is 170 Å². The van der Waals surface area contributed by atoms with E-state index in [1.54, 1.807) is 0 Å². The van der Waals surface area contributed by atoms with Crippen LogP contribution in [-0.2, 0) is 0 Å². The zero-order valence-corrected chi connectivity index (χ0v) is 33.9. The van der Waals surface area contributed by atoms with Crippen LogP contribution < -0.4 is 0 Å². The number of fused-ring (bicyclic) bond motifs is 9. The first kappa shape index (κ1) is 35.2. The molecule has 0 spiro atoms. The zero-order chi connectivity index (χ0) is 41.4. The van der Waals surface area contributed by atoms with Crippen LogP contribution in [0.25, 0.3) is 122 Å². The molecule has 13 rings (SSSR count). The van der Waals surface area contributed by atoms with Crippen LogP contribution in [0.3, 0.4) is 0 Å². The van der Waals surface area contributed by atoms with Crippen LogP contribution in [0.2, 0.25) is 0 Å². The van der Waals surface area contributed by atoms with E-state index in [9.17, 15) is 0 Å². The van der Waals surface area contributed by atoms with Crippen LogP contribution in [0.4, 0.5) is 0 Å². The molecule has 6 nitrogen and oxygen atoms in total. The number of nitrogens with zero attached hydrogens (tertiary/aromatic N) is 5. The quantitative estimate of drug-likeness (QED) is 0.168. The highest BCUT2D eigenvalue weighted by Crippen LogP contribution is 2.42. The summed E-state index contributed by atoms with van der Waals surface area (Å²) in [6.07, 6.45) is 0. The fourth-order valence-electron chi connectivity index (χ4n) is 9.45. The molecule has 0 bridgehead atoms. The molecule has 0 N–H and O–H groups in total. The molecule has 0 unspecified atom stereocenters. The average Bonchev–Trinajstić information content (AvgIpc) is 4.01. The Morgan fingerprint density at radius 3 is 1.52 bits per heavy atom. The van der Waals surface area contributed by atoms with Gasteiger partial charge in [-0.25, -0.2) is 4.98 Å². The first-order valence-electron chi connectivity index (χ1n) is 21.2. The number of benzene rings is 9. The number of aromatic nitrogens is 5. The second kappa shape index (κ2) is 14.0. The predicted octanol–water partition coefficient (Wildman–Crippen LogP) is 14.6. The molecule has 0 atom stereocenters. The smallest absolute Gasteiger partial charge is 0.238 e. The van der Waals surface area contributed by atoms with Gasteiger partial charge >= 0.3 is 0 Å². The van der Waals surface area contributed by atoms with Gasteiger partial charge < -0.3 is 8.98 Å². The molecule has 0 amide bonds. The van der Waals surface area contributed by atoms with Crippen molar-refractivity contribution in [2.75, 3.05) is 0 Å². The molecular weight excluding hydrogens is 771 g/mol. The van der Waals surface area contributed by atoms with Crippen LogP contribution in [0.15, 0.2) is 217 Å². The highest BCUT2D eigenvalue weighted by Gasteiger charge is 2.22. The highest BCUT2D eigenvalue weighted by atomic mass is 16.3. The summed E-state index contributed by atoms with van der Waals surface area (Å²) in [7, 11) is 0. The number of hydrogen-bond acceptors (Lipinski definition) is 4. The molecule has 0 saturated heterocycles. The normalized spacial score (nSPS) is 11.8. The van der Waals surface area contributed by atoms with Gasteiger partial charge in [0.05, 0.1) is 22.1 Å². The second-order valence-electron chi connectivity index (χ2n) is 16.0. The van der Waals surface area contributed by atoms with E-state index >= 15 is 0 Å². The largest absolute Gasteiger partial charge is 0.455 e. The van der Waals surface area contributed by atoms with Gasteiger partial charge in [-0.3, -0.25) is 4.57 Å². The maximum Gasteiger partial charge on any atom is 0.238 e. The minimum atomic E-state index is 0.553. The molecular formula is C57H35N5O. The molecule has 0 aliphatic heterocycles. The van der Waals surface area contributed by atoms with Crippen molar-refractivity contribution >= 4 is 65.6 Å². The van der Waals surface area contributed by atoms with Gasteiger partial charge in [0.25, 0.3) is 0 Å². The van der Waals surface area contributed by atoms with Crippen molar-refractivity contribution in [2.45, 2.75) is 0 Å². The predicted molar refractivity (Wildman–Crippen MR) is 258 cm³/mol. The number of rotatable bonds is 6. The van der Waals surface area contributed by atoms with E-state index < -0.39 is 0 Å². The van der Waals surface area contributed by atoms with E-state index in [0.717, 1.165) is 99.2 Å². The number of hydrogen-bond donors (Lipinski definition) is 0. The first-order valence-corrected chi connectivity index (χ1v) is 21.2. The lowest BCUT2D eigenvalue weighted by molar-refractivity contribution is 0.669. The summed E-state index contributed by atoms with van der Waals surface area (Å²) < 4.78 is 11.3. The van der Waals surface area contributed by atoms with Gasteiger partial charge in [-0.05, 0) is 53.1 Å². The SMILES string of the molecule is c1ccc(-c2ccc(-c3nc(-c4ccccc4)nc(-n4c5ccccc5c5cc6c7ccccc7n(-c7ccc8c(c7)oc7c(-c9ccccc9)cccc78)c6cc54)n3)cc2)cc1. The maximum absolute atomic E-state index is 6.77. The molecule has 4 heterocycles. The maximum atomic E-state index is 6.77. The van der Waals surface area contributed by atoms with E-state index in [-0.39, 0.29) is 0 Å². The Hall–Kier alpha value is -8.61. The molecule has 0 aliphatic carbocycles. The van der Waals surface area contributed by atoms with E-state index in [4.69, 9.17) is 19.4 Å². The van der Waals surface area contributed by atoms with Gasteiger partial charge in [-0.2, -0.15) is 9.97 Å². The minimum Gasteiger partial charge on any atom is -0.455 e. The summed E-state index contributed by atoms with van der Waals surface area (Å²) in [5.41, 5.74) is 13.3. The fourth-order valence-corrected chi connectivity index (χ4v) is 9.45.